The zero-order valence-corrected chi connectivity index (χ0v) is 20.4. The number of aryl methyl sites for hydroxylation is 1. The molecule has 7 nitrogen and oxygen atoms in total. The number of hydrogen-bond acceptors (Lipinski definition) is 6. The van der Waals surface area contributed by atoms with E-state index in [4.69, 9.17) is 9.72 Å². The molecule has 0 radical (unpaired) electrons. The average Bonchev–Trinajstić information content (AvgIpc) is 3.48. The molecule has 176 valence electrons. The Balaban J connectivity index is 1.38. The second kappa shape index (κ2) is 8.85. The molecule has 3 aromatic heterocycles. The van der Waals surface area contributed by atoms with Crippen molar-refractivity contribution in [2.45, 2.75) is 43.6 Å². The van der Waals surface area contributed by atoms with Gasteiger partial charge in [-0.25, -0.2) is 4.79 Å². The van der Waals surface area contributed by atoms with Crippen LogP contribution in [-0.4, -0.2) is 37.3 Å². The number of H-pyrrole nitrogens is 1. The molecule has 1 saturated carbocycles. The van der Waals surface area contributed by atoms with Crippen molar-refractivity contribution in [2.75, 3.05) is 6.61 Å². The van der Waals surface area contributed by atoms with E-state index in [0.717, 1.165) is 56.8 Å². The minimum Gasteiger partial charge on any atom is -0.462 e. The molecular weight excluding hydrogens is 458 g/mol. The van der Waals surface area contributed by atoms with E-state index in [2.05, 4.69) is 31.9 Å². The molecular formula is C27H25N5O2S. The van der Waals surface area contributed by atoms with Gasteiger partial charge in [-0.1, -0.05) is 48.2 Å². The van der Waals surface area contributed by atoms with Gasteiger partial charge in [0.25, 0.3) is 0 Å². The number of ether oxygens (including phenoxy) is 1. The maximum Gasteiger partial charge on any atom is 0.340 e. The number of hydrogen-bond donors (Lipinski definition) is 1. The first-order valence-corrected chi connectivity index (χ1v) is 12.8. The van der Waals surface area contributed by atoms with Crippen molar-refractivity contribution < 1.29 is 9.53 Å². The standard InChI is InChI=1S/C27H25N5O2S/c1-3-34-26(33)24-16(2)18-8-4-7-11-22(18)29-23(24)15-35-27-31-30-25(32(27)17-12-13-17)20-14-28-21-10-6-5-9-19(20)21/h4-11,14,17,28H,3,12-13,15H2,1-2H3. The lowest BCUT2D eigenvalue weighted by Gasteiger charge is -2.14. The van der Waals surface area contributed by atoms with Crippen molar-refractivity contribution in [2.24, 2.45) is 0 Å². The van der Waals surface area contributed by atoms with Crippen LogP contribution >= 0.6 is 11.8 Å². The SMILES string of the molecule is CCOC(=O)c1c(CSc2nnc(-c3c[nH]c4ccccc34)n2C2CC2)nc2ccccc2c1C. The number of nitrogens with one attached hydrogen (secondary N) is 1. The maximum absolute atomic E-state index is 12.9. The number of aromatic nitrogens is 5. The monoisotopic (exact) mass is 483 g/mol. The highest BCUT2D eigenvalue weighted by Crippen LogP contribution is 2.43. The molecule has 1 aliphatic rings. The summed E-state index contributed by atoms with van der Waals surface area (Å²) in [5, 5.41) is 12.1. The molecule has 0 spiro atoms. The normalized spacial score (nSPS) is 13.5. The second-order valence-electron chi connectivity index (χ2n) is 8.74. The summed E-state index contributed by atoms with van der Waals surface area (Å²) in [6, 6.07) is 16.5. The number of para-hydroxylation sites is 2. The summed E-state index contributed by atoms with van der Waals surface area (Å²) < 4.78 is 7.64. The fourth-order valence-electron chi connectivity index (χ4n) is 4.63. The number of pyridine rings is 1. The van der Waals surface area contributed by atoms with Gasteiger partial charge >= 0.3 is 5.97 Å². The number of fused-ring (bicyclic) bond motifs is 2. The number of nitrogens with zero attached hydrogens (tertiary/aromatic N) is 4. The molecule has 1 fully saturated rings. The Bertz CT molecular complexity index is 1570. The number of aromatic amines is 1. The molecule has 0 amide bonds. The second-order valence-corrected chi connectivity index (χ2v) is 9.68. The maximum atomic E-state index is 12.9. The minimum absolute atomic E-state index is 0.321. The van der Waals surface area contributed by atoms with Crippen molar-refractivity contribution in [1.82, 2.24) is 24.7 Å². The van der Waals surface area contributed by atoms with E-state index in [0.29, 0.717) is 29.7 Å². The summed E-state index contributed by atoms with van der Waals surface area (Å²) in [5.74, 6) is 1.04. The number of carbonyl (C=O) groups excluding carboxylic acids is 1. The van der Waals surface area contributed by atoms with Crippen LogP contribution in [0.4, 0.5) is 0 Å². The number of rotatable bonds is 7. The van der Waals surface area contributed by atoms with Gasteiger partial charge in [0.05, 0.1) is 23.4 Å². The van der Waals surface area contributed by atoms with Gasteiger partial charge in [0.1, 0.15) is 0 Å². The van der Waals surface area contributed by atoms with Crippen LogP contribution in [0.15, 0.2) is 59.9 Å². The highest BCUT2D eigenvalue weighted by Gasteiger charge is 2.31. The molecule has 0 bridgehead atoms. The van der Waals surface area contributed by atoms with Gasteiger partial charge < -0.3 is 9.72 Å². The van der Waals surface area contributed by atoms with Crippen LogP contribution in [-0.2, 0) is 10.5 Å². The highest BCUT2D eigenvalue weighted by atomic mass is 32.2. The Kier molecular flexibility index (Phi) is 5.53. The average molecular weight is 484 g/mol. The summed E-state index contributed by atoms with van der Waals surface area (Å²) in [5.41, 5.74) is 5.16. The molecule has 5 aromatic rings. The predicted octanol–water partition coefficient (Wildman–Crippen LogP) is 6.09. The molecule has 3 heterocycles. The third-order valence-electron chi connectivity index (χ3n) is 6.45. The van der Waals surface area contributed by atoms with Crippen molar-refractivity contribution in [1.29, 1.82) is 0 Å². The van der Waals surface area contributed by atoms with Crippen LogP contribution in [0.5, 0.6) is 0 Å². The quantitative estimate of drug-likeness (QED) is 0.223. The van der Waals surface area contributed by atoms with Gasteiger partial charge in [-0.3, -0.25) is 9.55 Å². The topological polar surface area (TPSA) is 85.7 Å². The van der Waals surface area contributed by atoms with Gasteiger partial charge in [0.2, 0.25) is 0 Å². The number of benzene rings is 2. The Hall–Kier alpha value is -3.65. The van der Waals surface area contributed by atoms with Gasteiger partial charge in [-0.05, 0) is 44.4 Å². The highest BCUT2D eigenvalue weighted by molar-refractivity contribution is 7.98. The first-order valence-electron chi connectivity index (χ1n) is 11.8. The molecule has 6 rings (SSSR count). The zero-order valence-electron chi connectivity index (χ0n) is 19.6. The van der Waals surface area contributed by atoms with E-state index in [9.17, 15) is 4.79 Å². The molecule has 0 atom stereocenters. The number of thioether (sulfide) groups is 1. The molecule has 0 unspecified atom stereocenters. The lowest BCUT2D eigenvalue weighted by molar-refractivity contribution is 0.0524. The van der Waals surface area contributed by atoms with E-state index in [-0.39, 0.29) is 5.97 Å². The van der Waals surface area contributed by atoms with Crippen LogP contribution in [0.1, 0.15) is 47.4 Å². The molecule has 35 heavy (non-hydrogen) atoms. The number of esters is 1. The van der Waals surface area contributed by atoms with Crippen molar-refractivity contribution in [3.8, 4) is 11.4 Å². The lowest BCUT2D eigenvalue weighted by Crippen LogP contribution is -2.12. The van der Waals surface area contributed by atoms with E-state index in [1.807, 2.05) is 56.4 Å². The smallest absolute Gasteiger partial charge is 0.340 e. The molecule has 0 saturated heterocycles. The molecule has 2 aromatic carbocycles. The van der Waals surface area contributed by atoms with Crippen LogP contribution in [0.25, 0.3) is 33.2 Å². The van der Waals surface area contributed by atoms with Crippen molar-refractivity contribution >= 4 is 39.5 Å². The van der Waals surface area contributed by atoms with Crippen LogP contribution < -0.4 is 0 Å². The first kappa shape index (κ1) is 21.9. The summed E-state index contributed by atoms with van der Waals surface area (Å²) in [7, 11) is 0. The van der Waals surface area contributed by atoms with Gasteiger partial charge in [0.15, 0.2) is 11.0 Å². The first-order chi connectivity index (χ1) is 17.2. The largest absolute Gasteiger partial charge is 0.462 e. The van der Waals surface area contributed by atoms with Gasteiger partial charge in [0, 0.05) is 39.8 Å². The van der Waals surface area contributed by atoms with Crippen molar-refractivity contribution in [3.63, 3.8) is 0 Å². The summed E-state index contributed by atoms with van der Waals surface area (Å²) in [4.78, 5) is 21.1. The Morgan fingerprint density at radius 3 is 2.69 bits per heavy atom. The molecule has 1 aliphatic carbocycles. The summed E-state index contributed by atoms with van der Waals surface area (Å²) >= 11 is 1.57. The molecule has 0 aliphatic heterocycles. The Morgan fingerprint density at radius 1 is 1.11 bits per heavy atom. The van der Waals surface area contributed by atoms with Crippen molar-refractivity contribution in [3.05, 3.63) is 71.5 Å². The fraction of sp³-hybridized carbons (Fsp3) is 0.259. The van der Waals surface area contributed by atoms with E-state index < -0.39 is 0 Å². The predicted molar refractivity (Wildman–Crippen MR) is 138 cm³/mol. The summed E-state index contributed by atoms with van der Waals surface area (Å²) in [6.45, 7) is 4.11. The van der Waals surface area contributed by atoms with Crippen LogP contribution in [0.3, 0.4) is 0 Å². The molecule has 8 heteroatoms. The third-order valence-corrected chi connectivity index (χ3v) is 7.41. The minimum atomic E-state index is -0.331. The van der Waals surface area contributed by atoms with Gasteiger partial charge in [-0.15, -0.1) is 10.2 Å². The van der Waals surface area contributed by atoms with Gasteiger partial charge in [-0.2, -0.15) is 0 Å². The third kappa shape index (κ3) is 3.87. The van der Waals surface area contributed by atoms with E-state index >= 15 is 0 Å². The Labute approximate surface area is 206 Å². The summed E-state index contributed by atoms with van der Waals surface area (Å²) in [6.07, 6.45) is 4.24. The van der Waals surface area contributed by atoms with E-state index in [1.165, 1.54) is 0 Å². The lowest BCUT2D eigenvalue weighted by atomic mass is 10.0. The zero-order chi connectivity index (χ0) is 23.9. The molecule has 1 N–H and O–H groups in total. The van der Waals surface area contributed by atoms with Crippen LogP contribution in [0, 0.1) is 6.92 Å². The fourth-order valence-corrected chi connectivity index (χ4v) is 5.58. The number of carbonyl (C=O) groups is 1. The van der Waals surface area contributed by atoms with Crippen LogP contribution in [0.2, 0.25) is 0 Å². The Morgan fingerprint density at radius 2 is 1.89 bits per heavy atom. The van der Waals surface area contributed by atoms with E-state index in [1.54, 1.807) is 11.8 Å².